The Kier molecular flexibility index (Phi) is 6.42. The summed E-state index contributed by atoms with van der Waals surface area (Å²) in [6.07, 6.45) is 2.22. The summed E-state index contributed by atoms with van der Waals surface area (Å²) in [6, 6.07) is 15.0. The first-order valence-electron chi connectivity index (χ1n) is 13.2. The molecule has 0 N–H and O–H groups in total. The average Bonchev–Trinajstić information content (AvgIpc) is 3.40. The van der Waals surface area contributed by atoms with Gasteiger partial charge in [-0.3, -0.25) is 9.59 Å². The van der Waals surface area contributed by atoms with Crippen molar-refractivity contribution in [2.45, 2.75) is 51.9 Å². The lowest BCUT2D eigenvalue weighted by Crippen LogP contribution is -2.16. The van der Waals surface area contributed by atoms with Gasteiger partial charge in [-0.05, 0) is 79.4 Å². The number of furan rings is 1. The Bertz CT molecular complexity index is 1800. The van der Waals surface area contributed by atoms with Gasteiger partial charge in [-0.15, -0.1) is 0 Å². The third-order valence-corrected chi connectivity index (χ3v) is 7.99. The molecule has 1 fully saturated rings. The molecule has 6 nitrogen and oxygen atoms in total. The molecule has 0 spiro atoms. The Balaban J connectivity index is 1.41. The summed E-state index contributed by atoms with van der Waals surface area (Å²) in [5.74, 6) is 0.992. The quantitative estimate of drug-likeness (QED) is 0.178. The van der Waals surface area contributed by atoms with Crippen LogP contribution in [0.3, 0.4) is 0 Å². The van der Waals surface area contributed by atoms with E-state index in [0.29, 0.717) is 55.7 Å². The highest BCUT2D eigenvalue weighted by atomic mass is 35.5. The molecule has 1 saturated carbocycles. The molecule has 0 atom stereocenters. The van der Waals surface area contributed by atoms with Crippen molar-refractivity contribution in [3.63, 3.8) is 0 Å². The fourth-order valence-electron chi connectivity index (χ4n) is 5.27. The molecule has 0 bridgehead atoms. The summed E-state index contributed by atoms with van der Waals surface area (Å²) in [6.45, 7) is 5.40. The van der Waals surface area contributed by atoms with Gasteiger partial charge in [-0.2, -0.15) is 4.98 Å². The van der Waals surface area contributed by atoms with Crippen molar-refractivity contribution in [3.05, 3.63) is 93.8 Å². The molecular formula is C32H26ClFN2O4. The van der Waals surface area contributed by atoms with Gasteiger partial charge in [0.2, 0.25) is 5.89 Å². The Morgan fingerprint density at radius 1 is 1.00 bits per heavy atom. The number of ketones is 2. The molecule has 0 amide bonds. The summed E-state index contributed by atoms with van der Waals surface area (Å²) in [4.78, 5) is 31.0. The molecule has 0 unspecified atom stereocenters. The summed E-state index contributed by atoms with van der Waals surface area (Å²) < 4.78 is 24.8. The highest BCUT2D eigenvalue weighted by Gasteiger charge is 2.50. The monoisotopic (exact) mass is 556 g/mol. The second-order valence-electron chi connectivity index (χ2n) is 10.5. The first-order chi connectivity index (χ1) is 19.2. The zero-order valence-electron chi connectivity index (χ0n) is 22.3. The van der Waals surface area contributed by atoms with Gasteiger partial charge in [0, 0.05) is 52.3 Å². The van der Waals surface area contributed by atoms with Crippen molar-refractivity contribution in [1.29, 1.82) is 0 Å². The SMILES string of the molecule is CCC(=O)c1c(-c2ccc(F)cc2)oc2ccc(-c3cc(C(=O)CC4(c5noc(C)n5)CC4)c(C)cc3Cl)cc12. The number of halogens is 2. The van der Waals surface area contributed by atoms with Gasteiger partial charge in [-0.1, -0.05) is 29.7 Å². The number of aryl methyl sites for hydroxylation is 2. The highest BCUT2D eigenvalue weighted by molar-refractivity contribution is 6.33. The molecule has 0 saturated heterocycles. The maximum atomic E-state index is 13.6. The van der Waals surface area contributed by atoms with Crippen LogP contribution < -0.4 is 0 Å². The van der Waals surface area contributed by atoms with E-state index < -0.39 is 0 Å². The maximum Gasteiger partial charge on any atom is 0.223 e. The second kappa shape index (κ2) is 9.82. The van der Waals surface area contributed by atoms with Crippen LogP contribution in [-0.2, 0) is 5.41 Å². The number of benzene rings is 3. The van der Waals surface area contributed by atoms with Crippen LogP contribution in [0.25, 0.3) is 33.4 Å². The molecule has 2 heterocycles. The van der Waals surface area contributed by atoms with E-state index in [-0.39, 0.29) is 35.6 Å². The highest BCUT2D eigenvalue weighted by Crippen LogP contribution is 2.50. The van der Waals surface area contributed by atoms with Crippen molar-refractivity contribution in [2.75, 3.05) is 0 Å². The van der Waals surface area contributed by atoms with Crippen LogP contribution in [0.15, 0.2) is 63.5 Å². The smallest absolute Gasteiger partial charge is 0.223 e. The average molecular weight is 557 g/mol. The standard InChI is InChI=1S/C32H26ClFN2O4/c1-4-26(37)29-24-14-20(7-10-28(24)39-30(29)19-5-8-21(34)9-6-19)23-15-22(17(2)13-25(23)33)27(38)16-32(11-12-32)31-35-18(3)40-36-31/h5-10,13-15H,4,11-12,16H2,1-3H3. The molecule has 2 aromatic heterocycles. The topological polar surface area (TPSA) is 86.2 Å². The molecule has 3 aromatic carbocycles. The minimum atomic E-state index is -0.386. The van der Waals surface area contributed by atoms with Crippen molar-refractivity contribution in [1.82, 2.24) is 10.1 Å². The van der Waals surface area contributed by atoms with Crippen molar-refractivity contribution < 1.29 is 22.9 Å². The Labute approximate surface area is 235 Å². The summed E-state index contributed by atoms with van der Waals surface area (Å²) in [5, 5.41) is 5.20. The molecule has 0 aliphatic heterocycles. The number of carbonyl (C=O) groups excluding carboxylic acids is 2. The first kappa shape index (κ1) is 26.1. The molecule has 5 aromatic rings. The van der Waals surface area contributed by atoms with E-state index >= 15 is 0 Å². The van der Waals surface area contributed by atoms with Gasteiger partial charge in [-0.25, -0.2) is 4.39 Å². The summed E-state index contributed by atoms with van der Waals surface area (Å²) >= 11 is 6.71. The number of hydrogen-bond donors (Lipinski definition) is 0. The lowest BCUT2D eigenvalue weighted by atomic mass is 9.90. The van der Waals surface area contributed by atoms with Crippen molar-refractivity contribution >= 4 is 34.1 Å². The van der Waals surface area contributed by atoms with E-state index in [1.54, 1.807) is 38.1 Å². The van der Waals surface area contributed by atoms with Gasteiger partial charge in [0.1, 0.15) is 17.2 Å². The van der Waals surface area contributed by atoms with Crippen molar-refractivity contribution in [2.24, 2.45) is 0 Å². The Morgan fingerprint density at radius 3 is 2.38 bits per heavy atom. The zero-order chi connectivity index (χ0) is 28.2. The Hall–Kier alpha value is -4.10. The largest absolute Gasteiger partial charge is 0.455 e. The van der Waals surface area contributed by atoms with Crippen LogP contribution in [0, 0.1) is 19.7 Å². The molecule has 0 radical (unpaired) electrons. The number of aromatic nitrogens is 2. The van der Waals surface area contributed by atoms with Gasteiger partial charge in [0.25, 0.3) is 0 Å². The van der Waals surface area contributed by atoms with Crippen LogP contribution in [-0.4, -0.2) is 21.7 Å². The third-order valence-electron chi connectivity index (χ3n) is 7.67. The minimum absolute atomic E-state index is 0.0137. The van der Waals surface area contributed by atoms with Crippen molar-refractivity contribution in [3.8, 4) is 22.5 Å². The fourth-order valence-corrected chi connectivity index (χ4v) is 5.59. The molecule has 1 aliphatic carbocycles. The van der Waals surface area contributed by atoms with Crippen LogP contribution in [0.2, 0.25) is 5.02 Å². The van der Waals surface area contributed by atoms with E-state index in [1.807, 2.05) is 25.1 Å². The Morgan fingerprint density at radius 2 is 1.73 bits per heavy atom. The van der Waals surface area contributed by atoms with Gasteiger partial charge < -0.3 is 8.94 Å². The zero-order valence-corrected chi connectivity index (χ0v) is 23.1. The number of carbonyl (C=O) groups is 2. The minimum Gasteiger partial charge on any atom is -0.455 e. The predicted octanol–water partition coefficient (Wildman–Crippen LogP) is 8.46. The lowest BCUT2D eigenvalue weighted by Gasteiger charge is -2.14. The molecule has 8 heteroatoms. The van der Waals surface area contributed by atoms with Gasteiger partial charge in [0.15, 0.2) is 17.4 Å². The van der Waals surface area contributed by atoms with Crippen LogP contribution in [0.4, 0.5) is 4.39 Å². The number of hydrogen-bond acceptors (Lipinski definition) is 6. The summed E-state index contributed by atoms with van der Waals surface area (Å²) in [5.41, 5.74) is 3.99. The molecule has 1 aliphatic rings. The van der Waals surface area contributed by atoms with E-state index in [2.05, 4.69) is 10.1 Å². The fraction of sp³-hybridized carbons (Fsp3) is 0.250. The molecule has 6 rings (SSSR count). The molecular weight excluding hydrogens is 531 g/mol. The predicted molar refractivity (Wildman–Crippen MR) is 150 cm³/mol. The first-order valence-corrected chi connectivity index (χ1v) is 13.6. The van der Waals surface area contributed by atoms with E-state index in [9.17, 15) is 14.0 Å². The van der Waals surface area contributed by atoms with Gasteiger partial charge >= 0.3 is 0 Å². The van der Waals surface area contributed by atoms with E-state index in [1.165, 1.54) is 12.1 Å². The second-order valence-corrected chi connectivity index (χ2v) is 10.9. The number of fused-ring (bicyclic) bond motifs is 1. The molecule has 202 valence electrons. The number of nitrogens with zero attached hydrogens (tertiary/aromatic N) is 2. The number of Topliss-reactive ketones (excluding diaryl/α,β-unsaturated/α-hetero) is 2. The van der Waals surface area contributed by atoms with Crippen LogP contribution in [0.5, 0.6) is 0 Å². The maximum absolute atomic E-state index is 13.6. The van der Waals surface area contributed by atoms with E-state index in [4.69, 9.17) is 20.5 Å². The lowest BCUT2D eigenvalue weighted by molar-refractivity contribution is 0.0964. The summed E-state index contributed by atoms with van der Waals surface area (Å²) in [7, 11) is 0. The number of rotatable bonds is 8. The van der Waals surface area contributed by atoms with E-state index in [0.717, 1.165) is 24.0 Å². The van der Waals surface area contributed by atoms with Crippen LogP contribution in [0.1, 0.15) is 70.6 Å². The van der Waals surface area contributed by atoms with Gasteiger partial charge in [0.05, 0.1) is 5.56 Å². The molecule has 40 heavy (non-hydrogen) atoms. The van der Waals surface area contributed by atoms with Crippen LogP contribution >= 0.6 is 11.6 Å². The third kappa shape index (κ3) is 4.54. The normalized spacial score (nSPS) is 14.0.